The van der Waals surface area contributed by atoms with Gasteiger partial charge >= 0.3 is 0 Å². The molecule has 0 spiro atoms. The molecule has 6 rings (SSSR count). The van der Waals surface area contributed by atoms with E-state index < -0.39 is 36.4 Å². The first kappa shape index (κ1) is 21.8. The monoisotopic (exact) mass is 477 g/mol. The zero-order chi connectivity index (χ0) is 24.5. The molecule has 2 aromatic carbocycles. The molecule has 0 radical (unpaired) electrons. The van der Waals surface area contributed by atoms with Gasteiger partial charge in [0.15, 0.2) is 0 Å². The summed E-state index contributed by atoms with van der Waals surface area (Å²) in [5.74, 6) is -4.67. The molecule has 35 heavy (non-hydrogen) atoms. The molecule has 2 aliphatic carbocycles. The molecule has 2 aliphatic rings. The summed E-state index contributed by atoms with van der Waals surface area (Å²) in [5, 5.41) is 20.4. The number of nitriles is 1. The summed E-state index contributed by atoms with van der Waals surface area (Å²) in [4.78, 5) is 4.34. The quantitative estimate of drug-likeness (QED) is 0.351. The fraction of sp³-hybridized carbons (Fsp3) is 0.259. The first-order chi connectivity index (χ1) is 16.8. The molecule has 4 nitrogen and oxygen atoms in total. The molecule has 4 aromatic rings. The normalized spacial score (nSPS) is 22.6. The van der Waals surface area contributed by atoms with E-state index in [0.717, 1.165) is 12.1 Å². The van der Waals surface area contributed by atoms with E-state index in [9.17, 15) is 27.9 Å². The predicted molar refractivity (Wildman–Crippen MR) is 120 cm³/mol. The number of nitrogens with zero attached hydrogens (tertiary/aromatic N) is 3. The summed E-state index contributed by atoms with van der Waals surface area (Å²) in [5.41, 5.74) is 2.95. The van der Waals surface area contributed by atoms with Crippen molar-refractivity contribution in [3.05, 3.63) is 94.2 Å². The smallest absolute Gasteiger partial charge is 0.281 e. The Morgan fingerprint density at radius 2 is 1.89 bits per heavy atom. The highest BCUT2D eigenvalue weighted by atomic mass is 19.3. The Balaban J connectivity index is 1.60. The van der Waals surface area contributed by atoms with Gasteiger partial charge in [-0.1, -0.05) is 12.1 Å². The number of benzene rings is 2. The summed E-state index contributed by atoms with van der Waals surface area (Å²) in [7, 11) is 0. The van der Waals surface area contributed by atoms with Gasteiger partial charge in [0.1, 0.15) is 23.7 Å². The fourth-order valence-corrected chi connectivity index (χ4v) is 5.76. The van der Waals surface area contributed by atoms with Gasteiger partial charge in [-0.15, -0.1) is 0 Å². The van der Waals surface area contributed by atoms with E-state index in [1.165, 1.54) is 0 Å². The molecule has 0 fully saturated rings. The minimum absolute atomic E-state index is 0.00219. The molecule has 0 amide bonds. The van der Waals surface area contributed by atoms with Gasteiger partial charge in [0.2, 0.25) is 0 Å². The first-order valence-electron chi connectivity index (χ1n) is 11.3. The SMILES string of the molecule is N#Cc1cc(F)cc2c1[C@@H](c1ccc(-c3cccn4ccnc34)c3c1CC(F)(F)[C@H]3O)CC[C@@H]2F. The van der Waals surface area contributed by atoms with Crippen LogP contribution < -0.4 is 0 Å². The van der Waals surface area contributed by atoms with Crippen LogP contribution in [0.3, 0.4) is 0 Å². The average Bonchev–Trinajstić information content (AvgIpc) is 3.41. The third-order valence-electron chi connectivity index (χ3n) is 7.26. The van der Waals surface area contributed by atoms with E-state index >= 15 is 0 Å². The zero-order valence-corrected chi connectivity index (χ0v) is 18.4. The van der Waals surface area contributed by atoms with E-state index in [0.29, 0.717) is 27.9 Å². The molecule has 176 valence electrons. The van der Waals surface area contributed by atoms with Crippen molar-refractivity contribution in [2.24, 2.45) is 0 Å². The number of imidazole rings is 1. The lowest BCUT2D eigenvalue weighted by Gasteiger charge is -2.31. The van der Waals surface area contributed by atoms with E-state index in [1.54, 1.807) is 47.3 Å². The third kappa shape index (κ3) is 3.18. The highest BCUT2D eigenvalue weighted by Gasteiger charge is 2.50. The van der Waals surface area contributed by atoms with E-state index in [-0.39, 0.29) is 35.1 Å². The number of hydrogen-bond donors (Lipinski definition) is 1. The Labute approximate surface area is 198 Å². The lowest BCUT2D eigenvalue weighted by atomic mass is 9.74. The number of rotatable bonds is 2. The van der Waals surface area contributed by atoms with E-state index in [1.807, 2.05) is 6.07 Å². The van der Waals surface area contributed by atoms with Gasteiger partial charge in [0.05, 0.1) is 11.6 Å². The molecule has 0 saturated carbocycles. The summed E-state index contributed by atoms with van der Waals surface area (Å²) >= 11 is 0. The van der Waals surface area contributed by atoms with Crippen molar-refractivity contribution in [1.29, 1.82) is 5.26 Å². The van der Waals surface area contributed by atoms with Crippen molar-refractivity contribution in [3.63, 3.8) is 0 Å². The molecule has 0 aliphatic heterocycles. The first-order valence-corrected chi connectivity index (χ1v) is 11.3. The van der Waals surface area contributed by atoms with Crippen molar-refractivity contribution < 1.29 is 22.7 Å². The number of aliphatic hydroxyl groups excluding tert-OH is 1. The number of aromatic nitrogens is 2. The number of aliphatic hydroxyl groups is 1. The van der Waals surface area contributed by atoms with Crippen molar-refractivity contribution in [1.82, 2.24) is 9.38 Å². The van der Waals surface area contributed by atoms with Gasteiger partial charge in [-0.05, 0) is 70.5 Å². The van der Waals surface area contributed by atoms with Gasteiger partial charge < -0.3 is 9.51 Å². The standard InChI is InChI=1S/C27H19F4N3O/c28-15-10-14(13-32)23-17(5-6-22(29)20(23)11-15)16-3-4-18(24-21(16)12-27(30,31)25(24)35)19-2-1-8-34-9-7-33-26(19)34/h1-4,7-11,17,22,25,35H,5-6,12H2/t17-,22+,25+/m1/s1. The van der Waals surface area contributed by atoms with Gasteiger partial charge in [0, 0.05) is 36.5 Å². The molecule has 3 atom stereocenters. The predicted octanol–water partition coefficient (Wildman–Crippen LogP) is 6.17. The molecule has 0 saturated heterocycles. The molecule has 1 N–H and O–H groups in total. The summed E-state index contributed by atoms with van der Waals surface area (Å²) in [6, 6.07) is 11.0. The maximum Gasteiger partial charge on any atom is 0.281 e. The Morgan fingerprint density at radius 3 is 2.69 bits per heavy atom. The second-order valence-corrected chi connectivity index (χ2v) is 9.18. The highest BCUT2D eigenvalue weighted by molar-refractivity contribution is 5.82. The number of hydrogen-bond acceptors (Lipinski definition) is 3. The number of pyridine rings is 1. The molecule has 0 bridgehead atoms. The zero-order valence-electron chi connectivity index (χ0n) is 18.4. The number of fused-ring (bicyclic) bond motifs is 3. The van der Waals surface area contributed by atoms with Crippen LogP contribution in [-0.2, 0) is 6.42 Å². The Kier molecular flexibility index (Phi) is 4.77. The van der Waals surface area contributed by atoms with E-state index in [4.69, 9.17) is 0 Å². The van der Waals surface area contributed by atoms with Crippen molar-refractivity contribution in [3.8, 4) is 17.2 Å². The number of alkyl halides is 3. The van der Waals surface area contributed by atoms with Crippen molar-refractivity contribution >= 4 is 5.65 Å². The maximum atomic E-state index is 15.0. The highest BCUT2D eigenvalue weighted by Crippen LogP contribution is 2.53. The summed E-state index contributed by atoms with van der Waals surface area (Å²) in [6.07, 6.45) is 1.34. The van der Waals surface area contributed by atoms with Crippen LogP contribution in [0.5, 0.6) is 0 Å². The van der Waals surface area contributed by atoms with Crippen molar-refractivity contribution in [2.75, 3.05) is 0 Å². The fourth-order valence-electron chi connectivity index (χ4n) is 5.76. The number of halogens is 4. The van der Waals surface area contributed by atoms with Gasteiger partial charge in [-0.25, -0.2) is 22.5 Å². The topological polar surface area (TPSA) is 61.3 Å². The molecule has 8 heteroatoms. The molecule has 0 unspecified atom stereocenters. The van der Waals surface area contributed by atoms with Gasteiger partial charge in [-0.3, -0.25) is 0 Å². The van der Waals surface area contributed by atoms with Crippen LogP contribution in [-0.4, -0.2) is 20.4 Å². The Bertz CT molecular complexity index is 1540. The molecule has 2 heterocycles. The summed E-state index contributed by atoms with van der Waals surface area (Å²) < 4.78 is 60.5. The molecule has 2 aromatic heterocycles. The maximum absolute atomic E-state index is 15.0. The largest absolute Gasteiger partial charge is 0.382 e. The van der Waals surface area contributed by atoms with Crippen LogP contribution in [0.4, 0.5) is 17.6 Å². The van der Waals surface area contributed by atoms with Crippen LogP contribution in [0.2, 0.25) is 0 Å². The Hall–Kier alpha value is -3.70. The van der Waals surface area contributed by atoms with Gasteiger partial charge in [-0.2, -0.15) is 5.26 Å². The lowest BCUT2D eigenvalue weighted by Crippen LogP contribution is -2.22. The summed E-state index contributed by atoms with van der Waals surface area (Å²) in [6.45, 7) is 0. The average molecular weight is 477 g/mol. The minimum atomic E-state index is -3.39. The van der Waals surface area contributed by atoms with Crippen molar-refractivity contribution in [2.45, 2.75) is 43.4 Å². The Morgan fingerprint density at radius 1 is 1.06 bits per heavy atom. The second-order valence-electron chi connectivity index (χ2n) is 9.18. The van der Waals surface area contributed by atoms with E-state index in [2.05, 4.69) is 4.98 Å². The van der Waals surface area contributed by atoms with Gasteiger partial charge in [0.25, 0.3) is 5.92 Å². The van der Waals surface area contributed by atoms with Crippen LogP contribution in [0.15, 0.2) is 55.0 Å². The minimum Gasteiger partial charge on any atom is -0.382 e. The van der Waals surface area contributed by atoms with Crippen LogP contribution >= 0.6 is 0 Å². The van der Waals surface area contributed by atoms with Crippen LogP contribution in [0.25, 0.3) is 16.8 Å². The van der Waals surface area contributed by atoms with Crippen LogP contribution in [0, 0.1) is 17.1 Å². The second kappa shape index (κ2) is 7.65. The van der Waals surface area contributed by atoms with Crippen LogP contribution in [0.1, 0.15) is 64.4 Å². The third-order valence-corrected chi connectivity index (χ3v) is 7.26. The molecular formula is C27H19F4N3O. The molecular weight excluding hydrogens is 458 g/mol. The lowest BCUT2D eigenvalue weighted by molar-refractivity contribution is -0.0966.